The van der Waals surface area contributed by atoms with Crippen molar-refractivity contribution in [1.82, 2.24) is 10.2 Å². The molecule has 142 valence electrons. The maximum absolute atomic E-state index is 12.5. The van der Waals surface area contributed by atoms with Crippen LogP contribution >= 0.6 is 11.3 Å². The van der Waals surface area contributed by atoms with Crippen LogP contribution in [0.15, 0.2) is 35.7 Å². The predicted molar refractivity (Wildman–Crippen MR) is 105 cm³/mol. The molecule has 1 fully saturated rings. The van der Waals surface area contributed by atoms with Crippen LogP contribution in [0.4, 0.5) is 0 Å². The third-order valence-electron chi connectivity index (χ3n) is 5.40. The Morgan fingerprint density at radius 1 is 1.22 bits per heavy atom. The Morgan fingerprint density at radius 2 is 2.00 bits per heavy atom. The Hall–Kier alpha value is -2.18. The van der Waals surface area contributed by atoms with Crippen molar-refractivity contribution in [2.75, 3.05) is 20.2 Å². The minimum atomic E-state index is -0.352. The number of amides is 1. The van der Waals surface area contributed by atoms with Gasteiger partial charge < -0.3 is 10.1 Å². The number of benzene rings is 1. The number of carbonyl (C=O) groups is 2. The molecule has 0 spiro atoms. The average Bonchev–Trinajstić information content (AvgIpc) is 3.42. The first-order valence-corrected chi connectivity index (χ1v) is 10.3. The number of esters is 1. The molecule has 2 aliphatic rings. The topological polar surface area (TPSA) is 58.6 Å². The van der Waals surface area contributed by atoms with E-state index in [9.17, 15) is 9.59 Å². The van der Waals surface area contributed by atoms with Crippen molar-refractivity contribution >= 4 is 23.2 Å². The molecule has 1 atom stereocenters. The molecule has 1 aliphatic carbocycles. The second-order valence-electron chi connectivity index (χ2n) is 7.27. The van der Waals surface area contributed by atoms with E-state index in [1.807, 2.05) is 23.5 Å². The highest BCUT2D eigenvalue weighted by Gasteiger charge is 2.40. The van der Waals surface area contributed by atoms with Gasteiger partial charge in [0.25, 0.3) is 0 Å². The molecule has 4 rings (SSSR count). The first-order valence-electron chi connectivity index (χ1n) is 9.40. The van der Waals surface area contributed by atoms with Crippen LogP contribution in [0.3, 0.4) is 0 Å². The summed E-state index contributed by atoms with van der Waals surface area (Å²) in [6.07, 6.45) is 3.58. The summed E-state index contributed by atoms with van der Waals surface area (Å²) < 4.78 is 4.70. The van der Waals surface area contributed by atoms with Crippen molar-refractivity contribution in [2.24, 2.45) is 5.92 Å². The van der Waals surface area contributed by atoms with Gasteiger partial charge in [-0.15, -0.1) is 11.3 Å². The highest BCUT2D eigenvalue weighted by Crippen LogP contribution is 2.48. The third kappa shape index (κ3) is 4.06. The highest BCUT2D eigenvalue weighted by atomic mass is 32.1. The fourth-order valence-electron chi connectivity index (χ4n) is 3.86. The van der Waals surface area contributed by atoms with Crippen LogP contribution in [0.2, 0.25) is 0 Å². The Balaban J connectivity index is 1.33. The SMILES string of the molecule is COC(=O)c1ccc(CNC(=O)CN2CCc3sccc3[C@@H]2C2CC2)cc1. The van der Waals surface area contributed by atoms with Gasteiger partial charge in [0.05, 0.1) is 19.2 Å². The Morgan fingerprint density at radius 3 is 2.70 bits per heavy atom. The van der Waals surface area contributed by atoms with Crippen molar-refractivity contribution in [1.29, 1.82) is 0 Å². The van der Waals surface area contributed by atoms with E-state index >= 15 is 0 Å². The molecule has 5 nitrogen and oxygen atoms in total. The van der Waals surface area contributed by atoms with Crippen molar-refractivity contribution in [3.05, 3.63) is 57.3 Å². The monoisotopic (exact) mass is 384 g/mol. The van der Waals surface area contributed by atoms with Gasteiger partial charge in [-0.25, -0.2) is 4.79 Å². The van der Waals surface area contributed by atoms with Crippen LogP contribution in [0, 0.1) is 5.92 Å². The molecule has 1 saturated carbocycles. The van der Waals surface area contributed by atoms with Gasteiger partial charge in [0.2, 0.25) is 5.91 Å². The number of methoxy groups -OCH3 is 1. The van der Waals surface area contributed by atoms with Crippen LogP contribution in [0.5, 0.6) is 0 Å². The standard InChI is InChI=1S/C21H24N2O3S/c1-26-21(25)16-4-2-14(3-5-16)12-22-19(24)13-23-10-8-18-17(9-11-27-18)20(23)15-6-7-15/h2-5,9,11,15,20H,6-8,10,12-13H2,1H3,(H,22,24)/t20-/m0/s1. The molecular weight excluding hydrogens is 360 g/mol. The maximum Gasteiger partial charge on any atom is 0.337 e. The van der Waals surface area contributed by atoms with Gasteiger partial charge in [0, 0.05) is 24.0 Å². The summed E-state index contributed by atoms with van der Waals surface area (Å²) in [4.78, 5) is 27.8. The molecule has 1 amide bonds. The van der Waals surface area contributed by atoms with Gasteiger partial charge in [0.1, 0.15) is 0 Å². The number of nitrogens with zero attached hydrogens (tertiary/aromatic N) is 1. The van der Waals surface area contributed by atoms with Gasteiger partial charge in [-0.2, -0.15) is 0 Å². The van der Waals surface area contributed by atoms with Crippen molar-refractivity contribution < 1.29 is 14.3 Å². The molecule has 1 N–H and O–H groups in total. The minimum absolute atomic E-state index is 0.0522. The van der Waals surface area contributed by atoms with E-state index in [1.54, 1.807) is 12.1 Å². The predicted octanol–water partition coefficient (Wildman–Crippen LogP) is 3.16. The molecule has 0 bridgehead atoms. The van der Waals surface area contributed by atoms with Crippen molar-refractivity contribution in [3.63, 3.8) is 0 Å². The number of hydrogen-bond donors (Lipinski definition) is 1. The van der Waals surface area contributed by atoms with Crippen LogP contribution < -0.4 is 5.32 Å². The van der Waals surface area contributed by atoms with Crippen LogP contribution in [0.1, 0.15) is 45.2 Å². The van der Waals surface area contributed by atoms with Gasteiger partial charge in [-0.3, -0.25) is 9.69 Å². The number of thiophene rings is 1. The Bertz CT molecular complexity index is 826. The number of fused-ring (bicyclic) bond motifs is 1. The van der Waals surface area contributed by atoms with E-state index in [-0.39, 0.29) is 11.9 Å². The smallest absolute Gasteiger partial charge is 0.337 e. The lowest BCUT2D eigenvalue weighted by atomic mass is 9.96. The normalized spacial score (nSPS) is 19.4. The van der Waals surface area contributed by atoms with Gasteiger partial charge in [-0.05, 0) is 59.9 Å². The molecule has 2 aromatic rings. The maximum atomic E-state index is 12.5. The van der Waals surface area contributed by atoms with Gasteiger partial charge in [-0.1, -0.05) is 12.1 Å². The molecule has 1 aliphatic heterocycles. The Labute approximate surface area is 163 Å². The Kier molecular flexibility index (Phi) is 5.27. The number of ether oxygens (including phenoxy) is 1. The van der Waals surface area contributed by atoms with Crippen LogP contribution in [0.25, 0.3) is 0 Å². The first-order chi connectivity index (χ1) is 13.2. The highest BCUT2D eigenvalue weighted by molar-refractivity contribution is 7.10. The molecule has 2 heterocycles. The fraction of sp³-hybridized carbons (Fsp3) is 0.429. The lowest BCUT2D eigenvalue weighted by molar-refractivity contribution is -0.123. The quantitative estimate of drug-likeness (QED) is 0.778. The zero-order chi connectivity index (χ0) is 18.8. The minimum Gasteiger partial charge on any atom is -0.465 e. The fourth-order valence-corrected chi connectivity index (χ4v) is 4.77. The number of rotatable bonds is 6. The molecule has 0 unspecified atom stereocenters. The average molecular weight is 385 g/mol. The summed E-state index contributed by atoms with van der Waals surface area (Å²) in [6.45, 7) is 1.86. The molecule has 1 aromatic carbocycles. The van der Waals surface area contributed by atoms with Crippen molar-refractivity contribution in [2.45, 2.75) is 31.8 Å². The summed E-state index contributed by atoms with van der Waals surface area (Å²) in [6, 6.07) is 9.79. The molecule has 27 heavy (non-hydrogen) atoms. The van der Waals surface area contributed by atoms with E-state index < -0.39 is 0 Å². The van der Waals surface area contributed by atoms with E-state index in [4.69, 9.17) is 4.74 Å². The summed E-state index contributed by atoms with van der Waals surface area (Å²) in [7, 11) is 1.37. The second kappa shape index (κ2) is 7.82. The summed E-state index contributed by atoms with van der Waals surface area (Å²) >= 11 is 1.85. The summed E-state index contributed by atoms with van der Waals surface area (Å²) in [5.41, 5.74) is 2.92. The number of nitrogens with one attached hydrogen (secondary N) is 1. The largest absolute Gasteiger partial charge is 0.465 e. The molecule has 0 saturated heterocycles. The zero-order valence-corrected chi connectivity index (χ0v) is 16.3. The van der Waals surface area contributed by atoms with Crippen molar-refractivity contribution in [3.8, 4) is 0 Å². The van der Waals surface area contributed by atoms with Crippen LogP contribution in [-0.4, -0.2) is 37.0 Å². The number of hydrogen-bond acceptors (Lipinski definition) is 5. The molecule has 1 aromatic heterocycles. The lowest BCUT2D eigenvalue weighted by Gasteiger charge is -2.35. The molecule has 0 radical (unpaired) electrons. The van der Waals surface area contributed by atoms with E-state index in [1.165, 1.54) is 30.4 Å². The molecule has 6 heteroatoms. The second-order valence-corrected chi connectivity index (χ2v) is 8.27. The number of carbonyl (C=O) groups excluding carboxylic acids is 2. The van der Waals surface area contributed by atoms with Gasteiger partial charge >= 0.3 is 5.97 Å². The summed E-state index contributed by atoms with van der Waals surface area (Å²) in [5, 5.41) is 5.19. The van der Waals surface area contributed by atoms with E-state index in [0.717, 1.165) is 18.5 Å². The third-order valence-corrected chi connectivity index (χ3v) is 6.39. The van der Waals surface area contributed by atoms with Gasteiger partial charge in [0.15, 0.2) is 0 Å². The first kappa shape index (κ1) is 18.2. The van der Waals surface area contributed by atoms with E-state index in [2.05, 4.69) is 21.7 Å². The summed E-state index contributed by atoms with van der Waals surface area (Å²) in [5.74, 6) is 0.406. The lowest BCUT2D eigenvalue weighted by Crippen LogP contribution is -2.42. The zero-order valence-electron chi connectivity index (χ0n) is 15.4. The van der Waals surface area contributed by atoms with Crippen LogP contribution in [-0.2, 0) is 22.5 Å². The molecular formula is C21H24N2O3S. The van der Waals surface area contributed by atoms with E-state index in [0.29, 0.717) is 30.6 Å².